The summed E-state index contributed by atoms with van der Waals surface area (Å²) in [4.78, 5) is 16.5. The van der Waals surface area contributed by atoms with Gasteiger partial charge in [-0.25, -0.2) is 9.66 Å². The zero-order chi connectivity index (χ0) is 15.5. The molecule has 0 aliphatic carbocycles. The van der Waals surface area contributed by atoms with Gasteiger partial charge in [0.05, 0.1) is 10.9 Å². The Bertz CT molecular complexity index is 892. The number of para-hydroxylation sites is 1. The average molecular weight is 331 g/mol. The van der Waals surface area contributed by atoms with Gasteiger partial charge in [0, 0.05) is 10.7 Å². The maximum Gasteiger partial charge on any atom is 0.280 e. The van der Waals surface area contributed by atoms with E-state index in [1.54, 1.807) is 42.5 Å². The summed E-state index contributed by atoms with van der Waals surface area (Å²) in [6, 6.07) is 14.2. The number of aromatic nitrogens is 2. The van der Waals surface area contributed by atoms with Gasteiger partial charge >= 0.3 is 0 Å². The highest BCUT2D eigenvalue weighted by Gasteiger charge is 2.04. The van der Waals surface area contributed by atoms with Gasteiger partial charge in [0.25, 0.3) is 5.56 Å². The maximum absolute atomic E-state index is 12.3. The fourth-order valence-corrected chi connectivity index (χ4v) is 2.29. The normalized spacial score (nSPS) is 10.4. The molecule has 3 rings (SSSR count). The number of hydrogen-bond donors (Lipinski definition) is 2. The van der Waals surface area contributed by atoms with Crippen LogP contribution in [0.3, 0.4) is 0 Å². The molecule has 3 aromatic rings. The first-order valence-electron chi connectivity index (χ1n) is 6.43. The summed E-state index contributed by atoms with van der Waals surface area (Å²) in [5, 5.41) is 4.40. The van der Waals surface area contributed by atoms with Crippen LogP contribution in [0.15, 0.2) is 59.7 Å². The Morgan fingerprint density at radius 1 is 1.14 bits per heavy atom. The minimum atomic E-state index is -0.217. The van der Waals surface area contributed by atoms with E-state index in [-0.39, 0.29) is 10.7 Å². The summed E-state index contributed by atoms with van der Waals surface area (Å²) in [6.45, 7) is 0. The van der Waals surface area contributed by atoms with Gasteiger partial charge in [-0.1, -0.05) is 23.7 Å². The third-order valence-corrected chi connectivity index (χ3v) is 3.43. The Hall–Kier alpha value is -2.44. The first-order valence-corrected chi connectivity index (χ1v) is 7.22. The van der Waals surface area contributed by atoms with Crippen molar-refractivity contribution in [1.29, 1.82) is 0 Å². The van der Waals surface area contributed by atoms with E-state index in [9.17, 15) is 4.79 Å². The summed E-state index contributed by atoms with van der Waals surface area (Å²) >= 11 is 11.0. The van der Waals surface area contributed by atoms with Gasteiger partial charge in [-0.3, -0.25) is 10.2 Å². The van der Waals surface area contributed by atoms with Gasteiger partial charge in [-0.2, -0.15) is 0 Å². The molecule has 0 radical (unpaired) electrons. The van der Waals surface area contributed by atoms with E-state index < -0.39 is 0 Å². The summed E-state index contributed by atoms with van der Waals surface area (Å²) in [7, 11) is 0. The second-order valence-corrected chi connectivity index (χ2v) is 5.35. The van der Waals surface area contributed by atoms with Gasteiger partial charge < -0.3 is 5.32 Å². The van der Waals surface area contributed by atoms with Crippen LogP contribution in [0.1, 0.15) is 0 Å². The number of nitrogens with zero attached hydrogens (tertiary/aromatic N) is 2. The smallest absolute Gasteiger partial charge is 0.280 e. The molecule has 2 N–H and O–H groups in total. The lowest BCUT2D eigenvalue weighted by Crippen LogP contribution is -2.35. The van der Waals surface area contributed by atoms with Gasteiger partial charge in [0.15, 0.2) is 5.11 Å². The van der Waals surface area contributed by atoms with Crippen molar-refractivity contribution in [2.45, 2.75) is 0 Å². The summed E-state index contributed by atoms with van der Waals surface area (Å²) < 4.78 is 1.24. The SMILES string of the molecule is O=c1c2ccccc2ncn1NC(=S)Nc1ccc(Cl)cc1. The third kappa shape index (κ3) is 3.08. The van der Waals surface area contributed by atoms with Gasteiger partial charge in [0.2, 0.25) is 0 Å². The van der Waals surface area contributed by atoms with E-state index in [2.05, 4.69) is 15.7 Å². The molecule has 0 saturated heterocycles. The Morgan fingerprint density at radius 2 is 1.86 bits per heavy atom. The first-order chi connectivity index (χ1) is 10.6. The number of hydrogen-bond acceptors (Lipinski definition) is 3. The fraction of sp³-hybridized carbons (Fsp3) is 0. The van der Waals surface area contributed by atoms with Crippen molar-refractivity contribution in [2.75, 3.05) is 10.7 Å². The molecule has 1 heterocycles. The maximum atomic E-state index is 12.3. The molecule has 0 bridgehead atoms. The monoisotopic (exact) mass is 330 g/mol. The number of benzene rings is 2. The average Bonchev–Trinajstić information content (AvgIpc) is 2.53. The topological polar surface area (TPSA) is 59.0 Å². The predicted molar refractivity (Wildman–Crippen MR) is 93.0 cm³/mol. The number of fused-ring (bicyclic) bond motifs is 1. The molecule has 1 aromatic heterocycles. The quantitative estimate of drug-likeness (QED) is 0.707. The standard InChI is InChI=1S/C15H11ClN4OS/c16-10-5-7-11(8-6-10)18-15(22)19-20-9-17-13-4-2-1-3-12(13)14(20)21/h1-9H,(H2,18,19,22). The zero-order valence-corrected chi connectivity index (χ0v) is 12.9. The lowest BCUT2D eigenvalue weighted by atomic mass is 10.2. The highest BCUT2D eigenvalue weighted by molar-refractivity contribution is 7.80. The predicted octanol–water partition coefficient (Wildman–Crippen LogP) is 2.99. The Labute approximate surface area is 136 Å². The van der Waals surface area contributed by atoms with Crippen LogP contribution in [-0.2, 0) is 0 Å². The van der Waals surface area contributed by atoms with Crippen molar-refractivity contribution in [3.63, 3.8) is 0 Å². The third-order valence-electron chi connectivity index (χ3n) is 2.99. The molecule has 0 amide bonds. The van der Waals surface area contributed by atoms with Crippen LogP contribution in [0.2, 0.25) is 5.02 Å². The molecule has 5 nitrogen and oxygen atoms in total. The Morgan fingerprint density at radius 3 is 2.64 bits per heavy atom. The van der Waals surface area contributed by atoms with Gasteiger partial charge in [-0.15, -0.1) is 0 Å². The molecule has 22 heavy (non-hydrogen) atoms. The number of nitrogens with one attached hydrogen (secondary N) is 2. The van der Waals surface area contributed by atoms with Crippen LogP contribution >= 0.6 is 23.8 Å². The number of anilines is 1. The zero-order valence-electron chi connectivity index (χ0n) is 11.3. The van der Waals surface area contributed by atoms with Crippen molar-refractivity contribution in [2.24, 2.45) is 0 Å². The van der Waals surface area contributed by atoms with Crippen molar-refractivity contribution < 1.29 is 0 Å². The first kappa shape index (κ1) is 14.5. The van der Waals surface area contributed by atoms with Gasteiger partial charge in [-0.05, 0) is 48.6 Å². The van der Waals surface area contributed by atoms with E-state index in [4.69, 9.17) is 23.8 Å². The molecular weight excluding hydrogens is 320 g/mol. The van der Waals surface area contributed by atoms with E-state index >= 15 is 0 Å². The highest BCUT2D eigenvalue weighted by atomic mass is 35.5. The van der Waals surface area contributed by atoms with E-state index in [1.165, 1.54) is 11.0 Å². The van der Waals surface area contributed by atoms with Crippen LogP contribution in [0, 0.1) is 0 Å². The van der Waals surface area contributed by atoms with Crippen LogP contribution in [0.4, 0.5) is 5.69 Å². The van der Waals surface area contributed by atoms with Crippen LogP contribution in [0.5, 0.6) is 0 Å². The number of rotatable bonds is 2. The Balaban J connectivity index is 1.81. The minimum Gasteiger partial charge on any atom is -0.331 e. The van der Waals surface area contributed by atoms with Crippen LogP contribution in [0.25, 0.3) is 10.9 Å². The highest BCUT2D eigenvalue weighted by Crippen LogP contribution is 2.13. The lowest BCUT2D eigenvalue weighted by molar-refractivity contribution is 0.896. The van der Waals surface area contributed by atoms with Crippen molar-refractivity contribution >= 4 is 45.5 Å². The van der Waals surface area contributed by atoms with E-state index in [1.807, 2.05) is 6.07 Å². The van der Waals surface area contributed by atoms with E-state index in [0.29, 0.717) is 15.9 Å². The van der Waals surface area contributed by atoms with Gasteiger partial charge in [0.1, 0.15) is 6.33 Å². The second-order valence-electron chi connectivity index (χ2n) is 4.51. The summed E-state index contributed by atoms with van der Waals surface area (Å²) in [5.74, 6) is 0. The molecule has 2 aromatic carbocycles. The fourth-order valence-electron chi connectivity index (χ4n) is 1.95. The van der Waals surface area contributed by atoms with E-state index in [0.717, 1.165) is 5.69 Å². The van der Waals surface area contributed by atoms with Crippen molar-refractivity contribution in [3.8, 4) is 0 Å². The van der Waals surface area contributed by atoms with Crippen LogP contribution in [-0.4, -0.2) is 14.8 Å². The number of thiocarbonyl (C=S) groups is 1. The van der Waals surface area contributed by atoms with Crippen molar-refractivity contribution in [3.05, 3.63) is 70.2 Å². The molecule has 7 heteroatoms. The largest absolute Gasteiger partial charge is 0.331 e. The Kier molecular flexibility index (Phi) is 4.04. The molecule has 0 saturated carbocycles. The lowest BCUT2D eigenvalue weighted by Gasteiger charge is -2.12. The molecule has 0 fully saturated rings. The molecule has 0 atom stereocenters. The molecule has 0 aliphatic heterocycles. The number of halogens is 1. The second kappa shape index (κ2) is 6.13. The molecule has 110 valence electrons. The van der Waals surface area contributed by atoms with Crippen molar-refractivity contribution in [1.82, 2.24) is 9.66 Å². The molecule has 0 aliphatic rings. The minimum absolute atomic E-state index is 0.217. The van der Waals surface area contributed by atoms with Crippen LogP contribution < -0.4 is 16.3 Å². The molecule has 0 spiro atoms. The molecular formula is C15H11ClN4OS. The summed E-state index contributed by atoms with van der Waals surface area (Å²) in [6.07, 6.45) is 1.40. The molecule has 0 unspecified atom stereocenters. The summed E-state index contributed by atoms with van der Waals surface area (Å²) in [5.41, 5.74) is 3.99.